The summed E-state index contributed by atoms with van der Waals surface area (Å²) in [5.74, 6) is 6.20. The summed E-state index contributed by atoms with van der Waals surface area (Å²) in [6, 6.07) is 6.19. The fourth-order valence-corrected chi connectivity index (χ4v) is 1.67. The van der Waals surface area contributed by atoms with Crippen molar-refractivity contribution in [1.82, 2.24) is 5.43 Å². The molecule has 0 amide bonds. The van der Waals surface area contributed by atoms with E-state index < -0.39 is 0 Å². The lowest BCUT2D eigenvalue weighted by Gasteiger charge is -2.11. The molecule has 0 saturated heterocycles. The number of halogens is 1. The highest BCUT2D eigenvalue weighted by atomic mass is 79.9. The number of nitrogens with two attached hydrogens (primary N) is 1. The maximum absolute atomic E-state index is 5.48. The quantitative estimate of drug-likeness (QED) is 0.375. The van der Waals surface area contributed by atoms with Crippen LogP contribution in [0.1, 0.15) is 25.0 Å². The molecule has 82 valence electrons. The van der Waals surface area contributed by atoms with E-state index in [1.54, 1.807) is 0 Å². The number of nitrogens with zero attached hydrogens (tertiary/aromatic N) is 1. The zero-order chi connectivity index (χ0) is 11.4. The highest BCUT2D eigenvalue weighted by Gasteiger charge is 2.07. The summed E-state index contributed by atoms with van der Waals surface area (Å²) >= 11 is 3.49. The number of hydrogen-bond donors (Lipinski definition) is 2. The van der Waals surface area contributed by atoms with Crippen LogP contribution in [0.15, 0.2) is 27.7 Å². The lowest BCUT2D eigenvalue weighted by molar-refractivity contribution is 0.820. The second-order valence-electron chi connectivity index (χ2n) is 3.63. The summed E-state index contributed by atoms with van der Waals surface area (Å²) in [4.78, 5) is 4.43. The van der Waals surface area contributed by atoms with Crippen LogP contribution in [0, 0.1) is 6.92 Å². The van der Waals surface area contributed by atoms with Gasteiger partial charge in [-0.25, -0.2) is 5.84 Å². The molecule has 0 aliphatic rings. The largest absolute Gasteiger partial charge is 0.308 e. The van der Waals surface area contributed by atoms with Gasteiger partial charge in [0.05, 0.1) is 0 Å². The summed E-state index contributed by atoms with van der Waals surface area (Å²) in [7, 11) is 0. The number of amidine groups is 1. The third-order valence-electron chi connectivity index (χ3n) is 2.05. The number of nitrogens with one attached hydrogen (secondary N) is 1. The van der Waals surface area contributed by atoms with Gasteiger partial charge in [-0.2, -0.15) is 0 Å². The Hall–Kier alpha value is -0.870. The monoisotopic (exact) mass is 269 g/mol. The van der Waals surface area contributed by atoms with Crippen molar-refractivity contribution < 1.29 is 0 Å². The fourth-order valence-electron chi connectivity index (χ4n) is 1.31. The Morgan fingerprint density at radius 1 is 1.47 bits per heavy atom. The van der Waals surface area contributed by atoms with Crippen LogP contribution >= 0.6 is 15.9 Å². The molecule has 3 nitrogen and oxygen atoms in total. The topological polar surface area (TPSA) is 50.4 Å². The lowest BCUT2D eigenvalue weighted by atomic mass is 10.1. The second-order valence-corrected chi connectivity index (χ2v) is 4.48. The Labute approximate surface area is 98.9 Å². The first-order valence-electron chi connectivity index (χ1n) is 4.86. The molecule has 0 aliphatic heterocycles. The van der Waals surface area contributed by atoms with Crippen LogP contribution < -0.4 is 11.3 Å². The summed E-state index contributed by atoms with van der Waals surface area (Å²) < 4.78 is 1.06. The van der Waals surface area contributed by atoms with Gasteiger partial charge >= 0.3 is 0 Å². The standard InChI is InChI=1S/C11H16BrN3/c1-7(2)14-11(15-13)9-5-4-6-10(12)8(9)3/h4-7H,13H2,1-3H3,(H,14,15). The average Bonchev–Trinajstić information content (AvgIpc) is 2.19. The number of aliphatic imine (C=N–C) groups is 1. The van der Waals surface area contributed by atoms with E-state index in [9.17, 15) is 0 Å². The van der Waals surface area contributed by atoms with Crippen molar-refractivity contribution in [2.24, 2.45) is 10.8 Å². The van der Waals surface area contributed by atoms with E-state index in [-0.39, 0.29) is 6.04 Å². The van der Waals surface area contributed by atoms with E-state index in [4.69, 9.17) is 5.84 Å². The maximum atomic E-state index is 5.48. The molecule has 15 heavy (non-hydrogen) atoms. The molecular formula is C11H16BrN3. The zero-order valence-electron chi connectivity index (χ0n) is 9.21. The minimum atomic E-state index is 0.217. The second kappa shape index (κ2) is 5.28. The summed E-state index contributed by atoms with van der Waals surface area (Å²) in [6.45, 7) is 6.07. The zero-order valence-corrected chi connectivity index (χ0v) is 10.8. The van der Waals surface area contributed by atoms with Crippen LogP contribution in [0.4, 0.5) is 0 Å². The van der Waals surface area contributed by atoms with Gasteiger partial charge in [0, 0.05) is 16.1 Å². The molecule has 0 heterocycles. The minimum Gasteiger partial charge on any atom is -0.308 e. The molecule has 1 rings (SSSR count). The molecule has 3 N–H and O–H groups in total. The van der Waals surface area contributed by atoms with Crippen molar-refractivity contribution in [2.75, 3.05) is 0 Å². The average molecular weight is 270 g/mol. The first kappa shape index (κ1) is 12.2. The van der Waals surface area contributed by atoms with Crippen molar-refractivity contribution >= 4 is 21.8 Å². The Morgan fingerprint density at radius 2 is 2.13 bits per heavy atom. The van der Waals surface area contributed by atoms with E-state index in [0.29, 0.717) is 0 Å². The molecular weight excluding hydrogens is 254 g/mol. The van der Waals surface area contributed by atoms with E-state index >= 15 is 0 Å². The van der Waals surface area contributed by atoms with Crippen molar-refractivity contribution in [3.8, 4) is 0 Å². The third kappa shape index (κ3) is 3.04. The Bertz CT molecular complexity index is 372. The number of benzene rings is 1. The SMILES string of the molecule is Cc1c(Br)cccc1C(=NC(C)C)NN. The van der Waals surface area contributed by atoms with Crippen molar-refractivity contribution in [2.45, 2.75) is 26.8 Å². The van der Waals surface area contributed by atoms with Gasteiger partial charge in [0.1, 0.15) is 5.84 Å². The van der Waals surface area contributed by atoms with Crippen LogP contribution in [0.25, 0.3) is 0 Å². The first-order valence-corrected chi connectivity index (χ1v) is 5.65. The van der Waals surface area contributed by atoms with Gasteiger partial charge in [-0.3, -0.25) is 4.99 Å². The van der Waals surface area contributed by atoms with E-state index in [1.807, 2.05) is 39.0 Å². The molecule has 0 saturated carbocycles. The number of hydrogen-bond acceptors (Lipinski definition) is 2. The molecule has 0 aromatic heterocycles. The predicted octanol–water partition coefficient (Wildman–Crippen LogP) is 2.38. The summed E-state index contributed by atoms with van der Waals surface area (Å²) in [5.41, 5.74) is 4.81. The molecule has 0 unspecified atom stereocenters. The Kier molecular flexibility index (Phi) is 4.29. The van der Waals surface area contributed by atoms with E-state index in [0.717, 1.165) is 21.4 Å². The summed E-state index contributed by atoms with van der Waals surface area (Å²) in [5, 5.41) is 0. The lowest BCUT2D eigenvalue weighted by Crippen LogP contribution is -2.32. The Balaban J connectivity index is 3.19. The molecule has 0 atom stereocenters. The molecule has 0 fully saturated rings. The third-order valence-corrected chi connectivity index (χ3v) is 2.91. The van der Waals surface area contributed by atoms with Crippen LogP contribution in [-0.2, 0) is 0 Å². The van der Waals surface area contributed by atoms with Crippen LogP contribution in [0.2, 0.25) is 0 Å². The molecule has 0 spiro atoms. The van der Waals surface area contributed by atoms with Gasteiger partial charge in [0.15, 0.2) is 0 Å². The van der Waals surface area contributed by atoms with Gasteiger partial charge < -0.3 is 5.43 Å². The summed E-state index contributed by atoms with van der Waals surface area (Å²) in [6.07, 6.45) is 0. The first-order chi connectivity index (χ1) is 7.06. The minimum absolute atomic E-state index is 0.217. The van der Waals surface area contributed by atoms with Crippen LogP contribution in [0.3, 0.4) is 0 Å². The molecule has 0 radical (unpaired) electrons. The van der Waals surface area contributed by atoms with Crippen molar-refractivity contribution in [3.63, 3.8) is 0 Å². The predicted molar refractivity (Wildman–Crippen MR) is 67.9 cm³/mol. The maximum Gasteiger partial charge on any atom is 0.143 e. The van der Waals surface area contributed by atoms with Gasteiger partial charge in [0.25, 0.3) is 0 Å². The fraction of sp³-hybridized carbons (Fsp3) is 0.364. The van der Waals surface area contributed by atoms with Gasteiger partial charge in [-0.05, 0) is 32.4 Å². The number of hydrazine groups is 1. The molecule has 0 bridgehead atoms. The highest BCUT2D eigenvalue weighted by Crippen LogP contribution is 2.19. The van der Waals surface area contributed by atoms with Crippen LogP contribution in [-0.4, -0.2) is 11.9 Å². The smallest absolute Gasteiger partial charge is 0.143 e. The highest BCUT2D eigenvalue weighted by molar-refractivity contribution is 9.10. The van der Waals surface area contributed by atoms with Crippen molar-refractivity contribution in [1.29, 1.82) is 0 Å². The van der Waals surface area contributed by atoms with Gasteiger partial charge in [-0.1, -0.05) is 28.1 Å². The van der Waals surface area contributed by atoms with E-state index in [2.05, 4.69) is 26.3 Å². The van der Waals surface area contributed by atoms with Crippen molar-refractivity contribution in [3.05, 3.63) is 33.8 Å². The van der Waals surface area contributed by atoms with Gasteiger partial charge in [0.2, 0.25) is 0 Å². The molecule has 0 aliphatic carbocycles. The molecule has 1 aromatic carbocycles. The molecule has 4 heteroatoms. The van der Waals surface area contributed by atoms with E-state index in [1.165, 1.54) is 0 Å². The van der Waals surface area contributed by atoms with Gasteiger partial charge in [-0.15, -0.1) is 0 Å². The molecule has 1 aromatic rings. The normalized spacial score (nSPS) is 12.0. The Morgan fingerprint density at radius 3 is 2.67 bits per heavy atom. The van der Waals surface area contributed by atoms with Crippen LogP contribution in [0.5, 0.6) is 0 Å². The number of rotatable bonds is 2.